The van der Waals surface area contributed by atoms with Crippen molar-refractivity contribution >= 4 is 17.2 Å². The van der Waals surface area contributed by atoms with Gasteiger partial charge in [-0.3, -0.25) is 14.4 Å². The summed E-state index contributed by atoms with van der Waals surface area (Å²) in [4.78, 5) is 14.3. The van der Waals surface area contributed by atoms with E-state index in [0.29, 0.717) is 25.0 Å². The van der Waals surface area contributed by atoms with Gasteiger partial charge in [0.15, 0.2) is 11.6 Å². The lowest BCUT2D eigenvalue weighted by molar-refractivity contribution is -0.117. The molecule has 9 heteroatoms. The molecule has 1 saturated heterocycles. The fourth-order valence-electron chi connectivity index (χ4n) is 4.08. The van der Waals surface area contributed by atoms with Gasteiger partial charge in [0, 0.05) is 49.9 Å². The first-order valence-corrected chi connectivity index (χ1v) is 10.9. The van der Waals surface area contributed by atoms with Crippen LogP contribution in [0.25, 0.3) is 16.8 Å². The average molecular weight is 425 g/mol. The molecule has 2 N–H and O–H groups in total. The summed E-state index contributed by atoms with van der Waals surface area (Å²) in [6.45, 7) is 4.05. The van der Waals surface area contributed by atoms with Gasteiger partial charge in [0.2, 0.25) is 5.91 Å². The van der Waals surface area contributed by atoms with E-state index in [0.717, 1.165) is 48.3 Å². The van der Waals surface area contributed by atoms with Crippen molar-refractivity contribution in [2.75, 3.05) is 25.0 Å². The summed E-state index contributed by atoms with van der Waals surface area (Å²) in [5.74, 6) is 1.49. The Hall–Kier alpha value is -2.91. The van der Waals surface area contributed by atoms with Crippen LogP contribution in [0, 0.1) is 5.92 Å². The Kier molecular flexibility index (Phi) is 5.15. The van der Waals surface area contributed by atoms with Gasteiger partial charge in [-0.2, -0.15) is 10.2 Å². The van der Waals surface area contributed by atoms with Crippen LogP contribution in [0.2, 0.25) is 0 Å². The van der Waals surface area contributed by atoms with Crippen LogP contribution in [0.3, 0.4) is 0 Å². The predicted octanol–water partition coefficient (Wildman–Crippen LogP) is 1.92. The van der Waals surface area contributed by atoms with Crippen LogP contribution in [-0.2, 0) is 11.8 Å². The number of hydrogen-bond donors (Lipinski definition) is 2. The second kappa shape index (κ2) is 7.97. The van der Waals surface area contributed by atoms with E-state index in [-0.39, 0.29) is 17.9 Å². The predicted molar refractivity (Wildman–Crippen MR) is 116 cm³/mol. The van der Waals surface area contributed by atoms with E-state index >= 15 is 0 Å². The van der Waals surface area contributed by atoms with E-state index in [1.165, 1.54) is 0 Å². The summed E-state index contributed by atoms with van der Waals surface area (Å²) in [6.07, 6.45) is 6.28. The van der Waals surface area contributed by atoms with Crippen LogP contribution < -0.4 is 10.1 Å². The SMILES string of the molecule is C[C@H](O)CN1CC[C@@H]1COc1cnn(C)c1-c1ccn2nc(NC(=O)C3CC3)cc2c1. The van der Waals surface area contributed by atoms with Crippen molar-refractivity contribution in [1.29, 1.82) is 0 Å². The maximum absolute atomic E-state index is 12.0. The van der Waals surface area contributed by atoms with Crippen molar-refractivity contribution in [1.82, 2.24) is 24.3 Å². The number of carbonyl (C=O) groups is 1. The Bertz CT molecular complexity index is 1100. The molecule has 1 aliphatic heterocycles. The molecule has 1 amide bonds. The molecule has 2 aliphatic rings. The van der Waals surface area contributed by atoms with Crippen molar-refractivity contribution in [3.63, 3.8) is 0 Å². The number of aromatic nitrogens is 4. The number of aliphatic hydroxyl groups excluding tert-OH is 1. The summed E-state index contributed by atoms with van der Waals surface area (Å²) >= 11 is 0. The topological polar surface area (TPSA) is 96.9 Å². The number of amides is 1. The summed E-state index contributed by atoms with van der Waals surface area (Å²) < 4.78 is 9.71. The van der Waals surface area contributed by atoms with E-state index in [9.17, 15) is 9.90 Å². The highest BCUT2D eigenvalue weighted by Crippen LogP contribution is 2.32. The number of carbonyl (C=O) groups excluding carboxylic acids is 1. The van der Waals surface area contributed by atoms with E-state index in [2.05, 4.69) is 20.4 Å². The first-order chi connectivity index (χ1) is 15.0. The van der Waals surface area contributed by atoms with E-state index < -0.39 is 0 Å². The van der Waals surface area contributed by atoms with Gasteiger partial charge < -0.3 is 15.2 Å². The monoisotopic (exact) mass is 424 g/mol. The van der Waals surface area contributed by atoms with Gasteiger partial charge in [-0.05, 0) is 38.3 Å². The number of likely N-dealkylation sites (tertiary alicyclic amines) is 1. The number of aliphatic hydroxyl groups is 1. The molecular formula is C22H28N6O3. The van der Waals surface area contributed by atoms with Crippen LogP contribution >= 0.6 is 0 Å². The molecule has 0 spiro atoms. The van der Waals surface area contributed by atoms with Gasteiger partial charge in [-0.1, -0.05) is 0 Å². The number of anilines is 1. The zero-order valence-electron chi connectivity index (χ0n) is 17.9. The van der Waals surface area contributed by atoms with Crippen molar-refractivity contribution in [2.24, 2.45) is 13.0 Å². The number of β-amino-alcohol motifs (C(OH)–C–C–N with tert-alkyl or cyclic N) is 1. The van der Waals surface area contributed by atoms with Gasteiger partial charge in [0.1, 0.15) is 12.3 Å². The molecule has 1 aliphatic carbocycles. The molecule has 9 nitrogen and oxygen atoms in total. The number of fused-ring (bicyclic) bond motifs is 1. The molecule has 0 aromatic carbocycles. The van der Waals surface area contributed by atoms with Crippen LogP contribution in [0.5, 0.6) is 5.75 Å². The number of pyridine rings is 1. The summed E-state index contributed by atoms with van der Waals surface area (Å²) in [5.41, 5.74) is 2.75. The molecule has 0 unspecified atom stereocenters. The molecule has 0 bridgehead atoms. The lowest BCUT2D eigenvalue weighted by Crippen LogP contribution is -2.53. The molecule has 164 valence electrons. The Morgan fingerprint density at radius 2 is 2.19 bits per heavy atom. The molecule has 3 aromatic rings. The zero-order valence-corrected chi connectivity index (χ0v) is 17.9. The van der Waals surface area contributed by atoms with Crippen molar-refractivity contribution < 1.29 is 14.6 Å². The molecule has 1 saturated carbocycles. The molecule has 0 radical (unpaired) electrons. The van der Waals surface area contributed by atoms with Gasteiger partial charge >= 0.3 is 0 Å². The Labute approximate surface area is 180 Å². The fourth-order valence-corrected chi connectivity index (χ4v) is 4.08. The average Bonchev–Trinajstić information content (AvgIpc) is 3.40. The first kappa shape index (κ1) is 20.0. The smallest absolute Gasteiger partial charge is 0.228 e. The summed E-state index contributed by atoms with van der Waals surface area (Å²) in [5, 5.41) is 21.4. The highest BCUT2D eigenvalue weighted by Gasteiger charge is 2.30. The molecule has 31 heavy (non-hydrogen) atoms. The molecule has 2 atom stereocenters. The van der Waals surface area contributed by atoms with Crippen molar-refractivity contribution in [3.8, 4) is 17.0 Å². The number of hydrogen-bond acceptors (Lipinski definition) is 6. The number of aryl methyl sites for hydroxylation is 1. The van der Waals surface area contributed by atoms with Crippen LogP contribution in [-0.4, -0.2) is 67.2 Å². The van der Waals surface area contributed by atoms with Crippen molar-refractivity contribution in [2.45, 2.75) is 38.3 Å². The minimum atomic E-state index is -0.335. The van der Waals surface area contributed by atoms with E-state index in [4.69, 9.17) is 4.74 Å². The van der Waals surface area contributed by atoms with E-state index in [1.807, 2.05) is 43.0 Å². The highest BCUT2D eigenvalue weighted by atomic mass is 16.5. The zero-order chi connectivity index (χ0) is 21.5. The summed E-state index contributed by atoms with van der Waals surface area (Å²) in [6, 6.07) is 6.19. The van der Waals surface area contributed by atoms with Crippen LogP contribution in [0.1, 0.15) is 26.2 Å². The maximum Gasteiger partial charge on any atom is 0.228 e. The molecule has 5 rings (SSSR count). The number of nitrogens with zero attached hydrogens (tertiary/aromatic N) is 5. The number of ether oxygens (including phenoxy) is 1. The minimum absolute atomic E-state index is 0.0478. The highest BCUT2D eigenvalue weighted by molar-refractivity contribution is 5.93. The number of nitrogens with one attached hydrogen (secondary N) is 1. The normalized spacial score (nSPS) is 19.9. The Morgan fingerprint density at radius 3 is 2.90 bits per heavy atom. The first-order valence-electron chi connectivity index (χ1n) is 10.9. The third kappa shape index (κ3) is 4.15. The second-order valence-corrected chi connectivity index (χ2v) is 8.66. The maximum atomic E-state index is 12.0. The van der Waals surface area contributed by atoms with E-state index in [1.54, 1.807) is 10.7 Å². The molecule has 3 aromatic heterocycles. The van der Waals surface area contributed by atoms with Gasteiger partial charge in [0.25, 0.3) is 0 Å². The third-order valence-electron chi connectivity index (χ3n) is 6.04. The lowest BCUT2D eigenvalue weighted by atomic mass is 10.0. The fraction of sp³-hybridized carbons (Fsp3) is 0.500. The largest absolute Gasteiger partial charge is 0.488 e. The van der Waals surface area contributed by atoms with Gasteiger partial charge in [0.05, 0.1) is 17.8 Å². The van der Waals surface area contributed by atoms with Crippen molar-refractivity contribution in [3.05, 3.63) is 30.6 Å². The van der Waals surface area contributed by atoms with Crippen LogP contribution in [0.15, 0.2) is 30.6 Å². The molecular weight excluding hydrogens is 396 g/mol. The molecule has 2 fully saturated rings. The molecule has 4 heterocycles. The number of rotatable bonds is 8. The second-order valence-electron chi connectivity index (χ2n) is 8.66. The Morgan fingerprint density at radius 1 is 1.35 bits per heavy atom. The van der Waals surface area contributed by atoms with Crippen LogP contribution in [0.4, 0.5) is 5.82 Å². The lowest BCUT2D eigenvalue weighted by Gasteiger charge is -2.41. The third-order valence-corrected chi connectivity index (χ3v) is 6.04. The summed E-state index contributed by atoms with van der Waals surface area (Å²) in [7, 11) is 1.90. The standard InChI is InChI=1S/C22H28N6O3/c1-14(29)12-27-7-6-17(27)13-31-19-11-23-26(2)21(19)16-5-8-28-18(9-16)10-20(25-28)24-22(30)15-3-4-15/h5,8-11,14-15,17,29H,3-4,6-7,12-13H2,1-2H3,(H,24,25,30)/t14-,17+/m0/s1. The quantitative estimate of drug-likeness (QED) is 0.574. The Balaban J connectivity index is 1.32. The van der Waals surface area contributed by atoms with Gasteiger partial charge in [-0.15, -0.1) is 0 Å². The minimum Gasteiger partial charge on any atom is -0.488 e. The van der Waals surface area contributed by atoms with Gasteiger partial charge in [-0.25, -0.2) is 4.52 Å².